The van der Waals surface area contributed by atoms with Crippen LogP contribution in [-0.2, 0) is 0 Å². The van der Waals surface area contributed by atoms with Gasteiger partial charge in [0.2, 0.25) is 0 Å². The molecule has 1 aromatic heterocycles. The van der Waals surface area contributed by atoms with Crippen molar-refractivity contribution in [1.29, 1.82) is 0 Å². The van der Waals surface area contributed by atoms with Gasteiger partial charge in [0.25, 0.3) is 0 Å². The van der Waals surface area contributed by atoms with Crippen LogP contribution in [-0.4, -0.2) is 4.98 Å². The number of aromatic nitrogens is 1. The molecule has 0 aliphatic carbocycles. The molecule has 0 saturated heterocycles. The lowest BCUT2D eigenvalue weighted by atomic mass is 10.1. The van der Waals surface area contributed by atoms with Gasteiger partial charge in [-0.15, -0.1) is 11.3 Å². The zero-order chi connectivity index (χ0) is 10.8. The molecule has 0 spiro atoms. The van der Waals surface area contributed by atoms with Gasteiger partial charge in [-0.05, 0) is 19.1 Å². The van der Waals surface area contributed by atoms with Gasteiger partial charge in [-0.1, -0.05) is 12.1 Å². The fourth-order valence-electron chi connectivity index (χ4n) is 1.29. The lowest BCUT2D eigenvalue weighted by molar-refractivity contribution is 0.630. The predicted molar refractivity (Wildman–Crippen MR) is 60.1 cm³/mol. The highest BCUT2D eigenvalue weighted by atomic mass is 32.1. The minimum absolute atomic E-state index is 0.101. The zero-order valence-electron chi connectivity index (χ0n) is 8.27. The molecule has 15 heavy (non-hydrogen) atoms. The highest BCUT2D eigenvalue weighted by molar-refractivity contribution is 7.10. The molecule has 0 aliphatic rings. The highest BCUT2D eigenvalue weighted by Crippen LogP contribution is 2.26. The third-order valence-electron chi connectivity index (χ3n) is 2.06. The summed E-state index contributed by atoms with van der Waals surface area (Å²) in [5, 5.41) is 2.66. The highest BCUT2D eigenvalue weighted by Gasteiger charge is 2.10. The van der Waals surface area contributed by atoms with Crippen LogP contribution in [0.25, 0.3) is 11.3 Å². The average Bonchev–Trinajstić information content (AvgIpc) is 2.67. The zero-order valence-corrected chi connectivity index (χ0v) is 9.09. The molecule has 2 N–H and O–H groups in total. The number of nitrogens with two attached hydrogens (primary N) is 1. The second-order valence-corrected chi connectivity index (χ2v) is 4.23. The molecule has 1 heterocycles. The number of nitrogens with zero attached hydrogens (tertiary/aromatic N) is 1. The topological polar surface area (TPSA) is 38.9 Å². The van der Waals surface area contributed by atoms with E-state index in [2.05, 4.69) is 4.98 Å². The summed E-state index contributed by atoms with van der Waals surface area (Å²) in [5.41, 5.74) is 6.88. The van der Waals surface area contributed by atoms with Gasteiger partial charge in [-0.2, -0.15) is 0 Å². The van der Waals surface area contributed by atoms with Crippen LogP contribution in [0, 0.1) is 5.82 Å². The second kappa shape index (κ2) is 4.08. The van der Waals surface area contributed by atoms with Gasteiger partial charge in [0, 0.05) is 10.9 Å². The maximum Gasteiger partial charge on any atom is 0.132 e. The summed E-state index contributed by atoms with van der Waals surface area (Å²) < 4.78 is 13.4. The maximum absolute atomic E-state index is 13.4. The number of hydrogen-bond acceptors (Lipinski definition) is 3. The van der Waals surface area contributed by atoms with E-state index in [9.17, 15) is 4.39 Å². The van der Waals surface area contributed by atoms with Crippen LogP contribution in [0.3, 0.4) is 0 Å². The molecule has 2 aromatic rings. The Morgan fingerprint density at radius 3 is 2.73 bits per heavy atom. The van der Waals surface area contributed by atoms with E-state index in [0.717, 1.165) is 5.01 Å². The molecule has 1 atom stereocenters. The van der Waals surface area contributed by atoms with Gasteiger partial charge in [0.05, 0.1) is 11.7 Å². The summed E-state index contributed by atoms with van der Waals surface area (Å²) >= 11 is 1.46. The monoisotopic (exact) mass is 222 g/mol. The molecule has 0 saturated carbocycles. The van der Waals surface area contributed by atoms with Crippen molar-refractivity contribution in [3.63, 3.8) is 0 Å². The van der Waals surface area contributed by atoms with Crippen molar-refractivity contribution in [2.75, 3.05) is 0 Å². The van der Waals surface area contributed by atoms with Crippen LogP contribution in [0.15, 0.2) is 29.6 Å². The lowest BCUT2D eigenvalue weighted by Crippen LogP contribution is -2.03. The van der Waals surface area contributed by atoms with Crippen LogP contribution in [0.2, 0.25) is 0 Å². The van der Waals surface area contributed by atoms with E-state index >= 15 is 0 Å². The fraction of sp³-hybridized carbons (Fsp3) is 0.182. The standard InChI is InChI=1S/C11H11FN2S/c1-7(13)11-14-10(6-15-11)8-4-2-3-5-9(8)12/h2-7H,13H2,1H3. The van der Waals surface area contributed by atoms with Gasteiger partial charge < -0.3 is 5.73 Å². The van der Waals surface area contributed by atoms with Crippen molar-refractivity contribution >= 4 is 11.3 Å². The maximum atomic E-state index is 13.4. The summed E-state index contributed by atoms with van der Waals surface area (Å²) in [7, 11) is 0. The molecule has 1 unspecified atom stereocenters. The van der Waals surface area contributed by atoms with Gasteiger partial charge in [-0.25, -0.2) is 9.37 Å². The SMILES string of the molecule is CC(N)c1nc(-c2ccccc2F)cs1. The fourth-order valence-corrected chi connectivity index (χ4v) is 2.07. The Kier molecular flexibility index (Phi) is 2.79. The quantitative estimate of drug-likeness (QED) is 0.848. The van der Waals surface area contributed by atoms with Crippen LogP contribution < -0.4 is 5.73 Å². The summed E-state index contributed by atoms with van der Waals surface area (Å²) in [5.74, 6) is -0.251. The molecular formula is C11H11FN2S. The Hall–Kier alpha value is -1.26. The first kappa shape index (κ1) is 10.3. The summed E-state index contributed by atoms with van der Waals surface area (Å²) in [6.07, 6.45) is 0. The van der Waals surface area contributed by atoms with Crippen molar-refractivity contribution in [2.45, 2.75) is 13.0 Å². The van der Waals surface area contributed by atoms with Crippen LogP contribution in [0.5, 0.6) is 0 Å². The van der Waals surface area contributed by atoms with E-state index in [4.69, 9.17) is 5.73 Å². The van der Waals surface area contributed by atoms with Crippen molar-refractivity contribution in [2.24, 2.45) is 5.73 Å². The molecule has 0 aliphatic heterocycles. The van der Waals surface area contributed by atoms with Crippen LogP contribution >= 0.6 is 11.3 Å². The summed E-state index contributed by atoms with van der Waals surface area (Å²) in [6.45, 7) is 1.87. The van der Waals surface area contributed by atoms with E-state index < -0.39 is 0 Å². The Morgan fingerprint density at radius 2 is 2.13 bits per heavy atom. The number of rotatable bonds is 2. The van der Waals surface area contributed by atoms with Gasteiger partial charge in [-0.3, -0.25) is 0 Å². The molecule has 4 heteroatoms. The second-order valence-electron chi connectivity index (χ2n) is 3.34. The van der Waals surface area contributed by atoms with Crippen molar-refractivity contribution in [3.8, 4) is 11.3 Å². The van der Waals surface area contributed by atoms with E-state index in [1.54, 1.807) is 18.2 Å². The average molecular weight is 222 g/mol. The van der Waals surface area contributed by atoms with Crippen molar-refractivity contribution in [1.82, 2.24) is 4.98 Å². The minimum atomic E-state index is -0.251. The largest absolute Gasteiger partial charge is 0.322 e. The normalized spacial score (nSPS) is 12.7. The first-order valence-electron chi connectivity index (χ1n) is 4.64. The van der Waals surface area contributed by atoms with E-state index in [1.165, 1.54) is 17.4 Å². The molecule has 78 valence electrons. The molecular weight excluding hydrogens is 211 g/mol. The minimum Gasteiger partial charge on any atom is -0.322 e. The van der Waals surface area contributed by atoms with E-state index in [-0.39, 0.29) is 11.9 Å². The summed E-state index contributed by atoms with van der Waals surface area (Å²) in [4.78, 5) is 4.29. The third-order valence-corrected chi connectivity index (χ3v) is 3.11. The Morgan fingerprint density at radius 1 is 1.40 bits per heavy atom. The number of thiazole rings is 1. The van der Waals surface area contributed by atoms with Crippen LogP contribution in [0.4, 0.5) is 4.39 Å². The molecule has 1 aromatic carbocycles. The molecule has 0 bridgehead atoms. The summed E-state index contributed by atoms with van der Waals surface area (Å²) in [6, 6.07) is 6.51. The Labute approximate surface area is 91.6 Å². The lowest BCUT2D eigenvalue weighted by Gasteiger charge is -1.99. The molecule has 0 radical (unpaired) electrons. The number of benzene rings is 1. The van der Waals surface area contributed by atoms with Crippen molar-refractivity contribution in [3.05, 3.63) is 40.5 Å². The Balaban J connectivity index is 2.42. The predicted octanol–water partition coefficient (Wildman–Crippen LogP) is 2.97. The first-order chi connectivity index (χ1) is 7.18. The molecule has 2 nitrogen and oxygen atoms in total. The third kappa shape index (κ3) is 2.06. The van der Waals surface area contributed by atoms with Gasteiger partial charge in [0.15, 0.2) is 0 Å². The van der Waals surface area contributed by atoms with Crippen LogP contribution in [0.1, 0.15) is 18.0 Å². The molecule has 2 rings (SSSR count). The number of hydrogen-bond donors (Lipinski definition) is 1. The smallest absolute Gasteiger partial charge is 0.132 e. The first-order valence-corrected chi connectivity index (χ1v) is 5.52. The number of halogens is 1. The van der Waals surface area contributed by atoms with Crippen molar-refractivity contribution < 1.29 is 4.39 Å². The van der Waals surface area contributed by atoms with E-state index in [1.807, 2.05) is 12.3 Å². The van der Waals surface area contributed by atoms with E-state index in [0.29, 0.717) is 11.3 Å². The van der Waals surface area contributed by atoms with Gasteiger partial charge >= 0.3 is 0 Å². The molecule has 0 amide bonds. The Bertz CT molecular complexity index is 465. The molecule has 0 fully saturated rings. The van der Waals surface area contributed by atoms with Gasteiger partial charge in [0.1, 0.15) is 10.8 Å².